The van der Waals surface area contributed by atoms with E-state index in [1.165, 1.54) is 16.9 Å². The molecule has 1 aliphatic rings. The standard InChI is InChI=1S/C14H13BrS/c15-14(9-11-5-3-7-16-11)13-8-10-4-1-2-6-12(10)13/h1-7,13-14H,8-9H2. The highest BCUT2D eigenvalue weighted by atomic mass is 79.9. The Morgan fingerprint density at radius 2 is 2.12 bits per heavy atom. The van der Waals surface area contributed by atoms with Crippen molar-refractivity contribution in [3.63, 3.8) is 0 Å². The molecule has 82 valence electrons. The molecule has 16 heavy (non-hydrogen) atoms. The summed E-state index contributed by atoms with van der Waals surface area (Å²) in [4.78, 5) is 2.06. The molecule has 2 heteroatoms. The minimum Gasteiger partial charge on any atom is -0.149 e. The van der Waals surface area contributed by atoms with E-state index in [4.69, 9.17) is 0 Å². The fourth-order valence-corrected chi connectivity index (χ4v) is 4.18. The van der Waals surface area contributed by atoms with Gasteiger partial charge in [-0.3, -0.25) is 0 Å². The zero-order chi connectivity index (χ0) is 11.0. The second-order valence-corrected chi connectivity index (χ2v) is 6.52. The molecule has 0 saturated carbocycles. The maximum absolute atomic E-state index is 3.85. The van der Waals surface area contributed by atoms with E-state index in [2.05, 4.69) is 57.7 Å². The molecule has 2 unspecified atom stereocenters. The van der Waals surface area contributed by atoms with E-state index in [1.54, 1.807) is 5.56 Å². The molecule has 3 rings (SSSR count). The number of fused-ring (bicyclic) bond motifs is 1. The number of halogens is 1. The second kappa shape index (κ2) is 4.34. The molecular formula is C14H13BrS. The largest absolute Gasteiger partial charge is 0.149 e. The summed E-state index contributed by atoms with van der Waals surface area (Å²) in [5.41, 5.74) is 3.07. The molecule has 0 spiro atoms. The van der Waals surface area contributed by atoms with Crippen LogP contribution in [0.4, 0.5) is 0 Å². The van der Waals surface area contributed by atoms with Crippen molar-refractivity contribution >= 4 is 27.3 Å². The quantitative estimate of drug-likeness (QED) is 0.736. The van der Waals surface area contributed by atoms with E-state index in [9.17, 15) is 0 Å². The van der Waals surface area contributed by atoms with Crippen molar-refractivity contribution in [3.05, 3.63) is 57.8 Å². The van der Waals surface area contributed by atoms with Gasteiger partial charge in [-0.1, -0.05) is 46.3 Å². The van der Waals surface area contributed by atoms with Crippen LogP contribution in [0.3, 0.4) is 0 Å². The lowest BCUT2D eigenvalue weighted by molar-refractivity contribution is 0.583. The molecule has 1 aromatic carbocycles. The van der Waals surface area contributed by atoms with Crippen LogP contribution >= 0.6 is 27.3 Å². The lowest BCUT2D eigenvalue weighted by atomic mass is 9.75. The number of alkyl halides is 1. The van der Waals surface area contributed by atoms with Crippen LogP contribution in [-0.2, 0) is 12.8 Å². The van der Waals surface area contributed by atoms with Crippen molar-refractivity contribution in [2.75, 3.05) is 0 Å². The van der Waals surface area contributed by atoms with Crippen molar-refractivity contribution in [3.8, 4) is 0 Å². The molecule has 1 aromatic heterocycles. The Balaban J connectivity index is 1.72. The fourth-order valence-electron chi connectivity index (χ4n) is 2.38. The molecule has 0 amide bonds. The molecule has 0 nitrogen and oxygen atoms in total. The third kappa shape index (κ3) is 1.85. The second-order valence-electron chi connectivity index (χ2n) is 4.31. The van der Waals surface area contributed by atoms with Gasteiger partial charge in [0.2, 0.25) is 0 Å². The number of hydrogen-bond donors (Lipinski definition) is 0. The molecule has 0 saturated heterocycles. The van der Waals surface area contributed by atoms with Gasteiger partial charge in [-0.15, -0.1) is 11.3 Å². The highest BCUT2D eigenvalue weighted by Gasteiger charge is 2.31. The van der Waals surface area contributed by atoms with E-state index in [0.717, 1.165) is 6.42 Å². The molecule has 2 atom stereocenters. The third-order valence-corrected chi connectivity index (χ3v) is 5.17. The van der Waals surface area contributed by atoms with Gasteiger partial charge < -0.3 is 0 Å². The summed E-state index contributed by atoms with van der Waals surface area (Å²) < 4.78 is 0. The zero-order valence-electron chi connectivity index (χ0n) is 8.90. The summed E-state index contributed by atoms with van der Waals surface area (Å²) in [6, 6.07) is 13.2. The topological polar surface area (TPSA) is 0 Å². The van der Waals surface area contributed by atoms with Gasteiger partial charge in [0.15, 0.2) is 0 Å². The molecular weight excluding hydrogens is 280 g/mol. The highest BCUT2D eigenvalue weighted by Crippen LogP contribution is 2.41. The lowest BCUT2D eigenvalue weighted by Gasteiger charge is -2.33. The van der Waals surface area contributed by atoms with E-state index in [0.29, 0.717) is 10.7 Å². The predicted octanol–water partition coefficient (Wildman–Crippen LogP) is 4.39. The molecule has 0 fully saturated rings. The van der Waals surface area contributed by atoms with Gasteiger partial charge in [0.05, 0.1) is 0 Å². The number of thiophene rings is 1. The van der Waals surface area contributed by atoms with E-state index in [1.807, 2.05) is 11.3 Å². The summed E-state index contributed by atoms with van der Waals surface area (Å²) in [5, 5.41) is 2.16. The van der Waals surface area contributed by atoms with Crippen molar-refractivity contribution in [2.24, 2.45) is 0 Å². The Morgan fingerprint density at radius 3 is 2.88 bits per heavy atom. The van der Waals surface area contributed by atoms with Crippen molar-refractivity contribution in [1.82, 2.24) is 0 Å². The SMILES string of the molecule is BrC(Cc1cccs1)C1Cc2ccccc21. The Morgan fingerprint density at radius 1 is 1.25 bits per heavy atom. The van der Waals surface area contributed by atoms with Crippen LogP contribution in [0.15, 0.2) is 41.8 Å². The van der Waals surface area contributed by atoms with E-state index in [-0.39, 0.29) is 0 Å². The number of hydrogen-bond acceptors (Lipinski definition) is 1. The minimum absolute atomic E-state index is 0.584. The van der Waals surface area contributed by atoms with Crippen LogP contribution in [0, 0.1) is 0 Å². The van der Waals surface area contributed by atoms with Crippen LogP contribution < -0.4 is 0 Å². The Kier molecular flexibility index (Phi) is 2.86. The number of benzene rings is 1. The van der Waals surface area contributed by atoms with Gasteiger partial charge in [-0.25, -0.2) is 0 Å². The van der Waals surface area contributed by atoms with Crippen LogP contribution in [-0.4, -0.2) is 4.83 Å². The highest BCUT2D eigenvalue weighted by molar-refractivity contribution is 9.09. The van der Waals surface area contributed by atoms with Gasteiger partial charge in [-0.05, 0) is 35.4 Å². The normalized spacial score (nSPS) is 19.9. The summed E-state index contributed by atoms with van der Waals surface area (Å²) in [6.07, 6.45) is 2.38. The van der Waals surface area contributed by atoms with Gasteiger partial charge >= 0.3 is 0 Å². The van der Waals surface area contributed by atoms with Crippen LogP contribution in [0.25, 0.3) is 0 Å². The van der Waals surface area contributed by atoms with Crippen molar-refractivity contribution in [1.29, 1.82) is 0 Å². The Labute approximate surface area is 108 Å². The molecule has 0 N–H and O–H groups in total. The molecule has 2 aromatic rings. The first-order valence-electron chi connectivity index (χ1n) is 5.59. The van der Waals surface area contributed by atoms with E-state index >= 15 is 0 Å². The summed E-state index contributed by atoms with van der Waals surface area (Å²) >= 11 is 5.71. The average molecular weight is 293 g/mol. The Hall–Kier alpha value is -0.600. The van der Waals surface area contributed by atoms with Gasteiger partial charge in [-0.2, -0.15) is 0 Å². The van der Waals surface area contributed by atoms with Gasteiger partial charge in [0.25, 0.3) is 0 Å². The summed E-state index contributed by atoms with van der Waals surface area (Å²) in [5.74, 6) is 0.707. The first-order chi connectivity index (χ1) is 7.84. The van der Waals surface area contributed by atoms with E-state index < -0.39 is 0 Å². The van der Waals surface area contributed by atoms with Crippen LogP contribution in [0.2, 0.25) is 0 Å². The Bertz CT molecular complexity index is 475. The predicted molar refractivity (Wildman–Crippen MR) is 73.6 cm³/mol. The molecule has 1 heterocycles. The molecule has 0 radical (unpaired) electrons. The van der Waals surface area contributed by atoms with Crippen molar-refractivity contribution in [2.45, 2.75) is 23.6 Å². The zero-order valence-corrected chi connectivity index (χ0v) is 11.3. The third-order valence-electron chi connectivity index (χ3n) is 3.31. The fraction of sp³-hybridized carbons (Fsp3) is 0.286. The summed E-state index contributed by atoms with van der Waals surface area (Å²) in [6.45, 7) is 0. The van der Waals surface area contributed by atoms with Crippen LogP contribution in [0.5, 0.6) is 0 Å². The summed E-state index contributed by atoms with van der Waals surface area (Å²) in [7, 11) is 0. The maximum Gasteiger partial charge on any atom is 0.0265 e. The van der Waals surface area contributed by atoms with Gasteiger partial charge in [0, 0.05) is 15.6 Å². The molecule has 0 aliphatic heterocycles. The first-order valence-corrected chi connectivity index (χ1v) is 7.38. The smallest absolute Gasteiger partial charge is 0.0265 e. The van der Waals surface area contributed by atoms with Crippen molar-refractivity contribution < 1.29 is 0 Å². The maximum atomic E-state index is 3.85. The van der Waals surface area contributed by atoms with Gasteiger partial charge in [0.1, 0.15) is 0 Å². The average Bonchev–Trinajstić information content (AvgIpc) is 2.72. The lowest BCUT2D eigenvalue weighted by Crippen LogP contribution is -2.26. The minimum atomic E-state index is 0.584. The first kappa shape index (κ1) is 10.5. The van der Waals surface area contributed by atoms with Crippen LogP contribution in [0.1, 0.15) is 21.9 Å². The molecule has 0 bridgehead atoms. The number of rotatable bonds is 3. The molecule has 1 aliphatic carbocycles. The monoisotopic (exact) mass is 292 g/mol.